The number of hydrogen-bond donors (Lipinski definition) is 1. The zero-order chi connectivity index (χ0) is 10.6. The minimum absolute atomic E-state index is 0.793. The highest BCUT2D eigenvalue weighted by Crippen LogP contribution is 2.35. The minimum Gasteiger partial charge on any atom is -0.495 e. The molecule has 0 saturated heterocycles. The van der Waals surface area contributed by atoms with Crippen molar-refractivity contribution < 1.29 is 9.47 Å². The van der Waals surface area contributed by atoms with E-state index in [0.717, 1.165) is 28.2 Å². The largest absolute Gasteiger partial charge is 0.495 e. The van der Waals surface area contributed by atoms with Gasteiger partial charge in [0.25, 0.3) is 0 Å². The van der Waals surface area contributed by atoms with Gasteiger partial charge in [-0.05, 0) is 22.9 Å². The summed E-state index contributed by atoms with van der Waals surface area (Å²) in [6, 6.07) is 3.79. The quantitative estimate of drug-likeness (QED) is 0.902. The van der Waals surface area contributed by atoms with E-state index in [1.165, 1.54) is 0 Å². The van der Waals surface area contributed by atoms with Crippen LogP contribution in [-0.4, -0.2) is 20.8 Å². The number of ether oxygens (including phenoxy) is 2. The fourth-order valence-corrected chi connectivity index (χ4v) is 1.67. The summed E-state index contributed by atoms with van der Waals surface area (Å²) in [5, 5.41) is 3.20. The van der Waals surface area contributed by atoms with Gasteiger partial charge in [0.05, 0.1) is 24.4 Å². The van der Waals surface area contributed by atoms with Gasteiger partial charge in [0.15, 0.2) is 0 Å². The van der Waals surface area contributed by atoms with Crippen LogP contribution in [0.25, 0.3) is 0 Å². The first kappa shape index (κ1) is 11.2. The van der Waals surface area contributed by atoms with E-state index in [2.05, 4.69) is 21.2 Å². The topological polar surface area (TPSA) is 30.5 Å². The molecule has 0 fully saturated rings. The van der Waals surface area contributed by atoms with E-state index in [4.69, 9.17) is 9.47 Å². The molecule has 0 aliphatic carbocycles. The molecule has 0 atom stereocenters. The number of nitrogens with one attached hydrogen (secondary N) is 1. The lowest BCUT2D eigenvalue weighted by Gasteiger charge is -2.12. The highest BCUT2D eigenvalue weighted by molar-refractivity contribution is 9.10. The van der Waals surface area contributed by atoms with Crippen molar-refractivity contribution in [3.05, 3.63) is 16.6 Å². The molecule has 0 aliphatic rings. The zero-order valence-corrected chi connectivity index (χ0v) is 10.1. The SMILES string of the molecule is CCNc1cc(OC)c(Br)cc1OC. The molecule has 0 unspecified atom stereocenters. The van der Waals surface area contributed by atoms with Crippen LogP contribution in [0.4, 0.5) is 5.69 Å². The van der Waals surface area contributed by atoms with E-state index < -0.39 is 0 Å². The number of benzene rings is 1. The van der Waals surface area contributed by atoms with Crippen LogP contribution in [-0.2, 0) is 0 Å². The summed E-state index contributed by atoms with van der Waals surface area (Å²) in [6.45, 7) is 2.88. The standard InChI is InChI=1S/C10H14BrNO2/c1-4-12-8-6-9(13-2)7(11)5-10(8)14-3/h5-6,12H,4H2,1-3H3. The second-order valence-corrected chi connectivity index (χ2v) is 3.57. The van der Waals surface area contributed by atoms with Crippen LogP contribution in [0.3, 0.4) is 0 Å². The maximum atomic E-state index is 5.23. The molecular formula is C10H14BrNO2. The van der Waals surface area contributed by atoms with Gasteiger partial charge in [-0.15, -0.1) is 0 Å². The van der Waals surface area contributed by atoms with Gasteiger partial charge in [0, 0.05) is 18.7 Å². The van der Waals surface area contributed by atoms with E-state index >= 15 is 0 Å². The van der Waals surface area contributed by atoms with E-state index in [1.54, 1.807) is 14.2 Å². The molecular weight excluding hydrogens is 246 g/mol. The Hall–Kier alpha value is -0.900. The van der Waals surface area contributed by atoms with Crippen LogP contribution in [0.2, 0.25) is 0 Å². The van der Waals surface area contributed by atoms with Crippen LogP contribution < -0.4 is 14.8 Å². The van der Waals surface area contributed by atoms with Gasteiger partial charge in [0.1, 0.15) is 11.5 Å². The summed E-state index contributed by atoms with van der Waals surface area (Å²) >= 11 is 3.40. The Kier molecular flexibility index (Phi) is 4.07. The van der Waals surface area contributed by atoms with E-state index in [0.29, 0.717) is 0 Å². The van der Waals surface area contributed by atoms with Crippen molar-refractivity contribution in [2.75, 3.05) is 26.1 Å². The highest BCUT2D eigenvalue weighted by atomic mass is 79.9. The predicted octanol–water partition coefficient (Wildman–Crippen LogP) is 2.90. The molecule has 1 aromatic rings. The first-order valence-corrected chi connectivity index (χ1v) is 5.17. The molecule has 1 aromatic carbocycles. The van der Waals surface area contributed by atoms with Crippen molar-refractivity contribution in [3.8, 4) is 11.5 Å². The van der Waals surface area contributed by atoms with Crippen molar-refractivity contribution in [2.45, 2.75) is 6.92 Å². The molecule has 1 rings (SSSR count). The first-order valence-electron chi connectivity index (χ1n) is 4.38. The molecule has 0 aromatic heterocycles. The van der Waals surface area contributed by atoms with Crippen LogP contribution in [0, 0.1) is 0 Å². The molecule has 0 spiro atoms. The molecule has 0 saturated carbocycles. The lowest BCUT2D eigenvalue weighted by atomic mass is 10.2. The average Bonchev–Trinajstić information content (AvgIpc) is 2.20. The fourth-order valence-electron chi connectivity index (χ4n) is 1.19. The summed E-state index contributed by atoms with van der Waals surface area (Å²) in [6.07, 6.45) is 0. The third kappa shape index (κ3) is 2.32. The van der Waals surface area contributed by atoms with Gasteiger partial charge in [-0.3, -0.25) is 0 Å². The van der Waals surface area contributed by atoms with Gasteiger partial charge < -0.3 is 14.8 Å². The van der Waals surface area contributed by atoms with Crippen molar-refractivity contribution in [1.29, 1.82) is 0 Å². The summed E-state index contributed by atoms with van der Waals surface area (Å²) in [4.78, 5) is 0. The maximum Gasteiger partial charge on any atom is 0.143 e. The molecule has 4 heteroatoms. The van der Waals surface area contributed by atoms with Crippen molar-refractivity contribution >= 4 is 21.6 Å². The summed E-state index contributed by atoms with van der Waals surface area (Å²) in [5.41, 5.74) is 0.940. The van der Waals surface area contributed by atoms with Crippen LogP contribution in [0.5, 0.6) is 11.5 Å². The third-order valence-electron chi connectivity index (χ3n) is 1.84. The van der Waals surface area contributed by atoms with Crippen molar-refractivity contribution in [2.24, 2.45) is 0 Å². The Bertz CT molecular complexity index is 315. The first-order chi connectivity index (χ1) is 6.72. The Labute approximate surface area is 92.5 Å². The normalized spacial score (nSPS) is 9.71. The van der Waals surface area contributed by atoms with Crippen molar-refractivity contribution in [1.82, 2.24) is 0 Å². The summed E-state index contributed by atoms with van der Waals surface area (Å²) in [5.74, 6) is 1.60. The van der Waals surface area contributed by atoms with Gasteiger partial charge in [0.2, 0.25) is 0 Å². The number of anilines is 1. The lowest BCUT2D eigenvalue weighted by molar-refractivity contribution is 0.402. The summed E-state index contributed by atoms with van der Waals surface area (Å²) < 4.78 is 11.3. The highest BCUT2D eigenvalue weighted by Gasteiger charge is 2.08. The Balaban J connectivity index is 3.11. The second-order valence-electron chi connectivity index (χ2n) is 2.72. The predicted molar refractivity (Wildman–Crippen MR) is 61.4 cm³/mol. The van der Waals surface area contributed by atoms with Gasteiger partial charge in [-0.1, -0.05) is 0 Å². The van der Waals surface area contributed by atoms with Crippen LogP contribution in [0.1, 0.15) is 6.92 Å². The monoisotopic (exact) mass is 259 g/mol. The molecule has 0 radical (unpaired) electrons. The van der Waals surface area contributed by atoms with Crippen LogP contribution in [0.15, 0.2) is 16.6 Å². The van der Waals surface area contributed by atoms with Crippen molar-refractivity contribution in [3.63, 3.8) is 0 Å². The average molecular weight is 260 g/mol. The molecule has 0 amide bonds. The Morgan fingerprint density at radius 1 is 1.21 bits per heavy atom. The fraction of sp³-hybridized carbons (Fsp3) is 0.400. The Morgan fingerprint density at radius 2 is 1.86 bits per heavy atom. The van der Waals surface area contributed by atoms with Gasteiger partial charge in [-0.25, -0.2) is 0 Å². The lowest BCUT2D eigenvalue weighted by Crippen LogP contribution is -2.00. The molecule has 0 bridgehead atoms. The maximum absolute atomic E-state index is 5.23. The number of rotatable bonds is 4. The number of hydrogen-bond acceptors (Lipinski definition) is 3. The number of halogens is 1. The summed E-state index contributed by atoms with van der Waals surface area (Å²) in [7, 11) is 3.29. The third-order valence-corrected chi connectivity index (χ3v) is 2.46. The molecule has 78 valence electrons. The molecule has 0 aliphatic heterocycles. The van der Waals surface area contributed by atoms with E-state index in [9.17, 15) is 0 Å². The zero-order valence-electron chi connectivity index (χ0n) is 8.56. The molecule has 3 nitrogen and oxygen atoms in total. The smallest absolute Gasteiger partial charge is 0.143 e. The van der Waals surface area contributed by atoms with E-state index in [-0.39, 0.29) is 0 Å². The second kappa shape index (κ2) is 5.10. The van der Waals surface area contributed by atoms with E-state index in [1.807, 2.05) is 19.1 Å². The van der Waals surface area contributed by atoms with Gasteiger partial charge in [-0.2, -0.15) is 0 Å². The molecule has 1 N–H and O–H groups in total. The Morgan fingerprint density at radius 3 is 2.36 bits per heavy atom. The van der Waals surface area contributed by atoms with Crippen LogP contribution >= 0.6 is 15.9 Å². The molecule has 14 heavy (non-hydrogen) atoms. The minimum atomic E-state index is 0.793. The number of methoxy groups -OCH3 is 2. The molecule has 0 heterocycles. The van der Waals surface area contributed by atoms with Gasteiger partial charge >= 0.3 is 0 Å².